The zero-order chi connectivity index (χ0) is 20.8. The van der Waals surface area contributed by atoms with Gasteiger partial charge in [-0.1, -0.05) is 30.6 Å². The molecule has 9 heteroatoms. The number of nitrogens with zero attached hydrogens (tertiary/aromatic N) is 1. The van der Waals surface area contributed by atoms with E-state index in [-0.39, 0.29) is 64.0 Å². The minimum Gasteiger partial charge on any atom is -0.481 e. The second kappa shape index (κ2) is 6.45. The molecule has 1 aromatic heterocycles. The standard InChI is InChI=1S/C21H24N2O5S2/c24-11(25)4-7-23-18(26)12-9-8-10(13(12)19(23)27)15-14(9)21(5-2-1-3-6-21)16-17(29-15)22-20(28)30-16/h9-10,12-15H,1-8H2,(H,22,28)(H,24,25)/t9-,10-,12-,13-,14-,15-/m1/s1. The van der Waals surface area contributed by atoms with Gasteiger partial charge in [0.15, 0.2) is 0 Å². The molecule has 30 heavy (non-hydrogen) atoms. The number of carboxylic acids is 1. The fourth-order valence-corrected chi connectivity index (χ4v) is 10.7. The van der Waals surface area contributed by atoms with Crippen LogP contribution in [0.15, 0.2) is 9.82 Å². The number of aliphatic carboxylic acids is 1. The molecule has 160 valence electrons. The van der Waals surface area contributed by atoms with Gasteiger partial charge in [0.2, 0.25) is 11.8 Å². The summed E-state index contributed by atoms with van der Waals surface area (Å²) in [5, 5.41) is 10.3. The third kappa shape index (κ3) is 2.33. The molecule has 7 nitrogen and oxygen atoms in total. The van der Waals surface area contributed by atoms with Gasteiger partial charge in [-0.05, 0) is 37.0 Å². The molecule has 5 aliphatic rings. The molecule has 6 atom stereocenters. The first-order valence-electron chi connectivity index (χ1n) is 10.9. The third-order valence-corrected chi connectivity index (χ3v) is 11.1. The minimum atomic E-state index is -0.991. The molecule has 0 radical (unpaired) electrons. The molecule has 3 saturated carbocycles. The summed E-state index contributed by atoms with van der Waals surface area (Å²) in [7, 11) is 0. The van der Waals surface area contributed by atoms with Gasteiger partial charge in [-0.3, -0.25) is 24.1 Å². The first kappa shape index (κ1) is 19.1. The van der Waals surface area contributed by atoms with E-state index in [9.17, 15) is 19.2 Å². The summed E-state index contributed by atoms with van der Waals surface area (Å²) in [5.41, 5.74) is -0.0461. The van der Waals surface area contributed by atoms with E-state index in [1.165, 1.54) is 27.5 Å². The topological polar surface area (TPSA) is 108 Å². The Morgan fingerprint density at radius 1 is 1.10 bits per heavy atom. The van der Waals surface area contributed by atoms with Crippen molar-refractivity contribution >= 4 is 40.9 Å². The summed E-state index contributed by atoms with van der Waals surface area (Å²) < 4.78 is 0. The summed E-state index contributed by atoms with van der Waals surface area (Å²) in [5.74, 6) is -1.30. The number of nitrogens with one attached hydrogen (secondary N) is 1. The number of thiazole rings is 1. The maximum Gasteiger partial charge on any atom is 0.305 e. The second-order valence-electron chi connectivity index (χ2n) is 9.58. The lowest BCUT2D eigenvalue weighted by atomic mass is 9.57. The minimum absolute atomic E-state index is 0.00281. The van der Waals surface area contributed by atoms with E-state index in [0.29, 0.717) is 5.92 Å². The number of imide groups is 1. The van der Waals surface area contributed by atoms with Gasteiger partial charge in [0, 0.05) is 22.1 Å². The lowest BCUT2D eigenvalue weighted by molar-refractivity contribution is -0.142. The smallest absolute Gasteiger partial charge is 0.305 e. The van der Waals surface area contributed by atoms with Crippen LogP contribution in [0.1, 0.15) is 49.8 Å². The molecule has 1 saturated heterocycles. The van der Waals surface area contributed by atoms with E-state index in [1.807, 2.05) is 0 Å². The molecule has 6 rings (SSSR count). The summed E-state index contributed by atoms with van der Waals surface area (Å²) >= 11 is 3.08. The Balaban J connectivity index is 1.41. The van der Waals surface area contributed by atoms with Crippen molar-refractivity contribution in [3.63, 3.8) is 0 Å². The molecular formula is C21H24N2O5S2. The highest BCUT2D eigenvalue weighted by Crippen LogP contribution is 2.71. The maximum atomic E-state index is 13.2. The number of aromatic amines is 1. The van der Waals surface area contributed by atoms with Crippen LogP contribution in [0.2, 0.25) is 0 Å². The zero-order valence-electron chi connectivity index (χ0n) is 16.5. The number of aromatic nitrogens is 1. The van der Waals surface area contributed by atoms with Gasteiger partial charge in [0.1, 0.15) is 0 Å². The summed E-state index contributed by atoms with van der Waals surface area (Å²) in [6.45, 7) is -0.0201. The maximum absolute atomic E-state index is 13.2. The predicted molar refractivity (Wildman–Crippen MR) is 110 cm³/mol. The predicted octanol–water partition coefficient (Wildman–Crippen LogP) is 2.45. The van der Waals surface area contributed by atoms with Crippen LogP contribution >= 0.6 is 23.1 Å². The number of hydrogen-bond acceptors (Lipinski definition) is 6. The molecule has 4 fully saturated rings. The van der Waals surface area contributed by atoms with Crippen LogP contribution < -0.4 is 4.87 Å². The van der Waals surface area contributed by atoms with Crippen molar-refractivity contribution in [3.05, 3.63) is 14.5 Å². The Morgan fingerprint density at radius 3 is 2.50 bits per heavy atom. The molecular weight excluding hydrogens is 424 g/mol. The van der Waals surface area contributed by atoms with Crippen molar-refractivity contribution in [2.75, 3.05) is 6.54 Å². The van der Waals surface area contributed by atoms with Gasteiger partial charge in [0.25, 0.3) is 0 Å². The van der Waals surface area contributed by atoms with Crippen molar-refractivity contribution in [1.82, 2.24) is 9.88 Å². The number of carbonyl (C=O) groups is 3. The fourth-order valence-electron chi connectivity index (χ4n) is 7.57. The van der Waals surface area contributed by atoms with E-state index in [4.69, 9.17) is 5.11 Å². The first-order chi connectivity index (χ1) is 14.4. The third-order valence-electron chi connectivity index (χ3n) is 8.45. The lowest BCUT2D eigenvalue weighted by Gasteiger charge is -2.52. The fraction of sp³-hybridized carbons (Fsp3) is 0.714. The molecule has 2 amide bonds. The highest BCUT2D eigenvalue weighted by Gasteiger charge is 2.71. The van der Waals surface area contributed by atoms with Crippen molar-refractivity contribution in [3.8, 4) is 0 Å². The monoisotopic (exact) mass is 448 g/mol. The lowest BCUT2D eigenvalue weighted by Crippen LogP contribution is -2.51. The Labute approximate surface area is 181 Å². The molecule has 1 aromatic rings. The Kier molecular flexibility index (Phi) is 4.11. The number of H-pyrrole nitrogens is 1. The number of hydrogen-bond donors (Lipinski definition) is 2. The van der Waals surface area contributed by atoms with Gasteiger partial charge >= 0.3 is 10.8 Å². The highest BCUT2D eigenvalue weighted by atomic mass is 32.2. The molecule has 2 bridgehead atoms. The van der Waals surface area contributed by atoms with Crippen LogP contribution in [0.25, 0.3) is 0 Å². The number of likely N-dealkylation sites (tertiary alicyclic amines) is 1. The van der Waals surface area contributed by atoms with Gasteiger partial charge in [-0.25, -0.2) is 0 Å². The second-order valence-corrected chi connectivity index (χ2v) is 11.8. The van der Waals surface area contributed by atoms with Crippen LogP contribution in [0.4, 0.5) is 0 Å². The molecule has 0 unspecified atom stereocenters. The Morgan fingerprint density at radius 2 is 1.80 bits per heavy atom. The van der Waals surface area contributed by atoms with E-state index < -0.39 is 5.97 Å². The summed E-state index contributed by atoms with van der Waals surface area (Å²) in [4.78, 5) is 55.1. The highest BCUT2D eigenvalue weighted by molar-refractivity contribution is 8.00. The van der Waals surface area contributed by atoms with Crippen molar-refractivity contribution in [1.29, 1.82) is 0 Å². The van der Waals surface area contributed by atoms with E-state index in [0.717, 1.165) is 37.1 Å². The van der Waals surface area contributed by atoms with Crippen LogP contribution in [0, 0.1) is 29.6 Å². The van der Waals surface area contributed by atoms with E-state index >= 15 is 0 Å². The van der Waals surface area contributed by atoms with E-state index in [2.05, 4.69) is 4.98 Å². The summed E-state index contributed by atoms with van der Waals surface area (Å²) in [6, 6.07) is 0. The SMILES string of the molecule is O=C(O)CCN1C(=O)[C@@H]2[C@H]3C[C@@H]([C@H]4Sc5[nH]c(=O)sc5C5(CCCCC5)[C@H]34)[C@H]2C1=O. The number of fused-ring (bicyclic) bond motifs is 11. The zero-order valence-corrected chi connectivity index (χ0v) is 18.1. The van der Waals surface area contributed by atoms with Gasteiger partial charge < -0.3 is 10.1 Å². The van der Waals surface area contributed by atoms with E-state index in [1.54, 1.807) is 11.8 Å². The van der Waals surface area contributed by atoms with Crippen LogP contribution in [0.3, 0.4) is 0 Å². The number of carboxylic acid groups (broad SMARTS) is 1. The van der Waals surface area contributed by atoms with Crippen molar-refractivity contribution < 1.29 is 19.5 Å². The van der Waals surface area contributed by atoms with Gasteiger partial charge in [-0.15, -0.1) is 11.8 Å². The van der Waals surface area contributed by atoms with Gasteiger partial charge in [-0.2, -0.15) is 0 Å². The van der Waals surface area contributed by atoms with Crippen LogP contribution in [-0.2, 0) is 19.8 Å². The Hall–Kier alpha value is -1.61. The number of amides is 2. The molecule has 1 spiro atoms. The van der Waals surface area contributed by atoms with Crippen molar-refractivity contribution in [2.45, 2.75) is 60.6 Å². The number of carbonyl (C=O) groups excluding carboxylic acids is 2. The summed E-state index contributed by atoms with van der Waals surface area (Å²) in [6.07, 6.45) is 6.31. The average Bonchev–Trinajstić information content (AvgIpc) is 3.43. The van der Waals surface area contributed by atoms with Crippen LogP contribution in [0.5, 0.6) is 0 Å². The number of thioether (sulfide) groups is 1. The average molecular weight is 449 g/mol. The van der Waals surface area contributed by atoms with Crippen molar-refractivity contribution in [2.24, 2.45) is 29.6 Å². The quantitative estimate of drug-likeness (QED) is 0.688. The van der Waals surface area contributed by atoms with Crippen LogP contribution in [-0.4, -0.2) is 44.6 Å². The first-order valence-corrected chi connectivity index (χ1v) is 12.6. The molecule has 0 aromatic carbocycles. The molecule has 2 N–H and O–H groups in total. The number of rotatable bonds is 3. The molecule has 2 aliphatic heterocycles. The largest absolute Gasteiger partial charge is 0.481 e. The normalized spacial score (nSPS) is 38.1. The molecule has 3 aliphatic carbocycles. The van der Waals surface area contributed by atoms with Gasteiger partial charge in [0.05, 0.1) is 23.3 Å². The Bertz CT molecular complexity index is 1010. The molecule has 3 heterocycles.